The summed E-state index contributed by atoms with van der Waals surface area (Å²) in [5, 5.41) is 0. The van der Waals surface area contributed by atoms with Gasteiger partial charge in [-0.25, -0.2) is 4.39 Å². The average molecular weight is 274 g/mol. The van der Waals surface area contributed by atoms with E-state index in [9.17, 15) is 4.39 Å². The molecule has 4 heteroatoms. The van der Waals surface area contributed by atoms with E-state index < -0.39 is 6.04 Å². The quantitative estimate of drug-likeness (QED) is 0.911. The number of hydrogen-bond donors (Lipinski definition) is 1. The molecule has 0 fully saturated rings. The van der Waals surface area contributed by atoms with Gasteiger partial charge in [0, 0.05) is 36.0 Å². The van der Waals surface area contributed by atoms with Crippen molar-refractivity contribution in [3.63, 3.8) is 0 Å². The summed E-state index contributed by atoms with van der Waals surface area (Å²) in [4.78, 5) is 4.35. The Hall–Kier alpha value is -1.94. The highest BCUT2D eigenvalue weighted by atomic mass is 19.1. The third-order valence-corrected chi connectivity index (χ3v) is 3.33. The smallest absolute Gasteiger partial charge is 0.131 e. The first-order valence-corrected chi connectivity index (χ1v) is 6.67. The Bertz CT molecular complexity index is 569. The Morgan fingerprint density at radius 3 is 2.65 bits per heavy atom. The first-order chi connectivity index (χ1) is 9.63. The lowest BCUT2D eigenvalue weighted by molar-refractivity contribution is 0.410. The van der Waals surface area contributed by atoms with E-state index in [0.717, 1.165) is 12.1 Å². The second-order valence-electron chi connectivity index (χ2n) is 4.71. The van der Waals surface area contributed by atoms with Gasteiger partial charge in [0.15, 0.2) is 0 Å². The lowest BCUT2D eigenvalue weighted by Gasteiger charge is -2.13. The zero-order valence-corrected chi connectivity index (χ0v) is 11.8. The van der Waals surface area contributed by atoms with Crippen LogP contribution in [0.15, 0.2) is 36.5 Å². The Balaban J connectivity index is 2.12. The second kappa shape index (κ2) is 6.48. The summed E-state index contributed by atoms with van der Waals surface area (Å²) in [7, 11) is 1.51. The molecule has 0 aliphatic rings. The van der Waals surface area contributed by atoms with E-state index >= 15 is 0 Å². The van der Waals surface area contributed by atoms with Crippen molar-refractivity contribution in [2.24, 2.45) is 5.73 Å². The third kappa shape index (κ3) is 3.33. The maximum atomic E-state index is 13.9. The minimum Gasteiger partial charge on any atom is -0.497 e. The van der Waals surface area contributed by atoms with E-state index in [1.807, 2.05) is 18.3 Å². The van der Waals surface area contributed by atoms with Crippen molar-refractivity contribution in [2.45, 2.75) is 25.8 Å². The fraction of sp³-hybridized carbons (Fsp3) is 0.312. The first-order valence-electron chi connectivity index (χ1n) is 6.67. The highest BCUT2D eigenvalue weighted by Crippen LogP contribution is 2.22. The SMILES string of the molecule is CCc1ccc(CC(N)c2ccc(OC)cc2F)nc1. The van der Waals surface area contributed by atoms with Crippen molar-refractivity contribution in [1.29, 1.82) is 0 Å². The average Bonchev–Trinajstić information content (AvgIpc) is 2.47. The van der Waals surface area contributed by atoms with Crippen LogP contribution >= 0.6 is 0 Å². The van der Waals surface area contributed by atoms with Gasteiger partial charge in [-0.05, 0) is 24.1 Å². The lowest BCUT2D eigenvalue weighted by Crippen LogP contribution is -2.15. The van der Waals surface area contributed by atoms with Crippen LogP contribution in [-0.2, 0) is 12.8 Å². The number of methoxy groups -OCH3 is 1. The van der Waals surface area contributed by atoms with Crippen molar-refractivity contribution < 1.29 is 9.13 Å². The van der Waals surface area contributed by atoms with Gasteiger partial charge in [-0.1, -0.05) is 19.1 Å². The molecule has 1 aromatic carbocycles. The van der Waals surface area contributed by atoms with Crippen LogP contribution in [0.1, 0.15) is 29.8 Å². The molecule has 1 unspecified atom stereocenters. The van der Waals surface area contributed by atoms with Gasteiger partial charge in [-0.2, -0.15) is 0 Å². The molecule has 20 heavy (non-hydrogen) atoms. The van der Waals surface area contributed by atoms with Gasteiger partial charge in [-0.3, -0.25) is 4.98 Å². The first kappa shape index (κ1) is 14.5. The van der Waals surface area contributed by atoms with Gasteiger partial charge >= 0.3 is 0 Å². The second-order valence-corrected chi connectivity index (χ2v) is 4.71. The summed E-state index contributed by atoms with van der Waals surface area (Å²) in [5.41, 5.74) is 8.59. The van der Waals surface area contributed by atoms with E-state index in [1.54, 1.807) is 12.1 Å². The van der Waals surface area contributed by atoms with Gasteiger partial charge < -0.3 is 10.5 Å². The van der Waals surface area contributed by atoms with Crippen LogP contribution in [0.4, 0.5) is 4.39 Å². The third-order valence-electron chi connectivity index (χ3n) is 3.33. The predicted octanol–water partition coefficient (Wildman–Crippen LogP) is 3.03. The van der Waals surface area contributed by atoms with Gasteiger partial charge in [-0.15, -0.1) is 0 Å². The van der Waals surface area contributed by atoms with E-state index in [2.05, 4.69) is 11.9 Å². The molecule has 0 spiro atoms. The normalized spacial score (nSPS) is 12.2. The Kier molecular flexibility index (Phi) is 4.69. The summed E-state index contributed by atoms with van der Waals surface area (Å²) >= 11 is 0. The van der Waals surface area contributed by atoms with Crippen LogP contribution in [0.25, 0.3) is 0 Å². The van der Waals surface area contributed by atoms with E-state index in [0.29, 0.717) is 17.7 Å². The minimum atomic E-state index is -0.416. The molecule has 0 bridgehead atoms. The Labute approximate surface area is 118 Å². The van der Waals surface area contributed by atoms with Crippen molar-refractivity contribution in [3.05, 3.63) is 59.2 Å². The largest absolute Gasteiger partial charge is 0.497 e. The van der Waals surface area contributed by atoms with Crippen LogP contribution in [-0.4, -0.2) is 12.1 Å². The van der Waals surface area contributed by atoms with Crippen LogP contribution in [0, 0.1) is 5.82 Å². The number of nitrogens with two attached hydrogens (primary N) is 1. The molecule has 1 atom stereocenters. The number of aromatic nitrogens is 1. The topological polar surface area (TPSA) is 48.1 Å². The fourth-order valence-corrected chi connectivity index (χ4v) is 2.06. The zero-order valence-electron chi connectivity index (χ0n) is 11.8. The van der Waals surface area contributed by atoms with E-state index in [4.69, 9.17) is 10.5 Å². The summed E-state index contributed by atoms with van der Waals surface area (Å²) in [6.45, 7) is 2.08. The highest BCUT2D eigenvalue weighted by Gasteiger charge is 2.13. The lowest BCUT2D eigenvalue weighted by atomic mass is 10.0. The molecule has 0 saturated heterocycles. The number of pyridine rings is 1. The minimum absolute atomic E-state index is 0.345. The molecular formula is C16H19FN2O. The number of hydrogen-bond acceptors (Lipinski definition) is 3. The number of nitrogens with zero attached hydrogens (tertiary/aromatic N) is 1. The molecule has 0 aliphatic carbocycles. The van der Waals surface area contributed by atoms with Crippen molar-refractivity contribution in [1.82, 2.24) is 4.98 Å². The summed E-state index contributed by atoms with van der Waals surface area (Å²) in [6, 6.07) is 8.29. The molecule has 106 valence electrons. The Morgan fingerprint density at radius 2 is 2.10 bits per heavy atom. The van der Waals surface area contributed by atoms with Crippen LogP contribution < -0.4 is 10.5 Å². The van der Waals surface area contributed by atoms with Crippen LogP contribution in [0.3, 0.4) is 0 Å². The van der Waals surface area contributed by atoms with Gasteiger partial charge in [0.2, 0.25) is 0 Å². The molecule has 2 rings (SSSR count). The molecule has 1 aromatic heterocycles. The van der Waals surface area contributed by atoms with Crippen molar-refractivity contribution in [2.75, 3.05) is 7.11 Å². The van der Waals surface area contributed by atoms with E-state index in [1.165, 1.54) is 18.7 Å². The predicted molar refractivity (Wildman–Crippen MR) is 77.2 cm³/mol. The molecule has 1 heterocycles. The summed E-state index contributed by atoms with van der Waals surface area (Å²) in [6.07, 6.45) is 3.30. The number of halogens is 1. The molecule has 0 aliphatic heterocycles. The maximum absolute atomic E-state index is 13.9. The molecule has 0 saturated carbocycles. The molecular weight excluding hydrogens is 255 g/mol. The number of rotatable bonds is 5. The molecule has 2 aromatic rings. The number of aryl methyl sites for hydroxylation is 1. The molecule has 0 radical (unpaired) electrons. The summed E-state index contributed by atoms with van der Waals surface area (Å²) < 4.78 is 18.9. The standard InChI is InChI=1S/C16H19FN2O/c1-3-11-4-5-12(19-10-11)8-16(18)14-7-6-13(20-2)9-15(14)17/h4-7,9-10,16H,3,8,18H2,1-2H3. The fourth-order valence-electron chi connectivity index (χ4n) is 2.06. The van der Waals surface area contributed by atoms with Crippen LogP contribution in [0.5, 0.6) is 5.75 Å². The Morgan fingerprint density at radius 1 is 1.30 bits per heavy atom. The highest BCUT2D eigenvalue weighted by molar-refractivity contribution is 5.31. The van der Waals surface area contributed by atoms with Gasteiger partial charge in [0.1, 0.15) is 11.6 Å². The molecule has 3 nitrogen and oxygen atoms in total. The maximum Gasteiger partial charge on any atom is 0.131 e. The van der Waals surface area contributed by atoms with Gasteiger partial charge in [0.05, 0.1) is 7.11 Å². The number of benzene rings is 1. The zero-order chi connectivity index (χ0) is 14.5. The summed E-state index contributed by atoms with van der Waals surface area (Å²) in [5.74, 6) is 0.144. The monoisotopic (exact) mass is 274 g/mol. The molecule has 0 amide bonds. The number of ether oxygens (including phenoxy) is 1. The van der Waals surface area contributed by atoms with Crippen LogP contribution in [0.2, 0.25) is 0 Å². The van der Waals surface area contributed by atoms with Crippen molar-refractivity contribution >= 4 is 0 Å². The molecule has 2 N–H and O–H groups in total. The van der Waals surface area contributed by atoms with Gasteiger partial charge in [0.25, 0.3) is 0 Å². The van der Waals surface area contributed by atoms with E-state index in [-0.39, 0.29) is 5.82 Å². The van der Waals surface area contributed by atoms with Crippen molar-refractivity contribution in [3.8, 4) is 5.75 Å².